The minimum Gasteiger partial charge on any atom is -0.494 e. The molecule has 1 atom stereocenters. The molecule has 3 aromatic rings. The lowest BCUT2D eigenvalue weighted by atomic mass is 10.1. The van der Waals surface area contributed by atoms with E-state index in [4.69, 9.17) is 4.74 Å². The molecule has 0 fully saturated rings. The molecule has 0 radical (unpaired) electrons. The Bertz CT molecular complexity index is 1280. The van der Waals surface area contributed by atoms with Crippen LogP contribution in [0.3, 0.4) is 0 Å². The molecule has 2 amide bonds. The van der Waals surface area contributed by atoms with E-state index in [2.05, 4.69) is 5.32 Å². The zero-order valence-electron chi connectivity index (χ0n) is 22.0. The number of likely N-dealkylation sites (N-methyl/N-ethyl adjacent to an activating group) is 1. The van der Waals surface area contributed by atoms with Crippen LogP contribution in [0.1, 0.15) is 26.3 Å². The van der Waals surface area contributed by atoms with Crippen molar-refractivity contribution in [3.63, 3.8) is 0 Å². The Hall–Kier alpha value is -3.85. The molecule has 8 nitrogen and oxygen atoms in total. The molecular weight excluding hydrogens is 502 g/mol. The second-order valence-electron chi connectivity index (χ2n) is 8.64. The van der Waals surface area contributed by atoms with Crippen molar-refractivity contribution in [3.8, 4) is 5.75 Å². The van der Waals surface area contributed by atoms with Gasteiger partial charge in [0.1, 0.15) is 18.3 Å². The zero-order chi connectivity index (χ0) is 27.5. The molecule has 9 heteroatoms. The fourth-order valence-corrected chi connectivity index (χ4v) is 5.43. The predicted octanol–water partition coefficient (Wildman–Crippen LogP) is 3.88. The Balaban J connectivity index is 1.93. The van der Waals surface area contributed by atoms with Crippen molar-refractivity contribution in [3.05, 3.63) is 90.5 Å². The lowest BCUT2D eigenvalue weighted by Gasteiger charge is -2.32. The molecule has 0 bridgehead atoms. The van der Waals surface area contributed by atoms with Gasteiger partial charge in [0.25, 0.3) is 10.0 Å². The lowest BCUT2D eigenvalue weighted by Crippen LogP contribution is -2.52. The number of hydrogen-bond acceptors (Lipinski definition) is 5. The molecule has 0 spiro atoms. The second-order valence-corrected chi connectivity index (χ2v) is 10.5. The van der Waals surface area contributed by atoms with Crippen molar-refractivity contribution in [1.29, 1.82) is 0 Å². The Morgan fingerprint density at radius 2 is 1.50 bits per heavy atom. The number of nitrogens with one attached hydrogen (secondary N) is 1. The number of hydrogen-bond donors (Lipinski definition) is 1. The minimum atomic E-state index is -4.11. The van der Waals surface area contributed by atoms with Crippen molar-refractivity contribution >= 4 is 27.5 Å². The van der Waals surface area contributed by atoms with Crippen LogP contribution in [0.4, 0.5) is 5.69 Å². The standard InChI is InChI=1S/C29H35N3O5S/c1-4-30-29(34)23(3)31(21-20-24-12-8-6-9-13-24)28(33)22-32(25-14-10-7-11-15-25)38(35,36)27-18-16-26(17-19-27)37-5-2/h6-19,23H,4-5,20-22H2,1-3H3,(H,30,34). The molecule has 0 aromatic heterocycles. The molecule has 202 valence electrons. The number of benzene rings is 3. The Kier molecular flexibility index (Phi) is 10.3. The first kappa shape index (κ1) is 28.7. The summed E-state index contributed by atoms with van der Waals surface area (Å²) in [6.07, 6.45) is 0.521. The van der Waals surface area contributed by atoms with Gasteiger partial charge in [-0.3, -0.25) is 13.9 Å². The summed E-state index contributed by atoms with van der Waals surface area (Å²) >= 11 is 0. The monoisotopic (exact) mass is 537 g/mol. The van der Waals surface area contributed by atoms with E-state index in [9.17, 15) is 18.0 Å². The first-order valence-electron chi connectivity index (χ1n) is 12.7. The fourth-order valence-electron chi connectivity index (χ4n) is 4.02. The van der Waals surface area contributed by atoms with Gasteiger partial charge >= 0.3 is 0 Å². The Morgan fingerprint density at radius 1 is 0.895 bits per heavy atom. The summed E-state index contributed by atoms with van der Waals surface area (Å²) in [6.45, 7) is 5.98. The maximum Gasteiger partial charge on any atom is 0.264 e. The molecule has 38 heavy (non-hydrogen) atoms. The number of anilines is 1. The Morgan fingerprint density at radius 3 is 2.08 bits per heavy atom. The van der Waals surface area contributed by atoms with Crippen LogP contribution in [0.2, 0.25) is 0 Å². The number of nitrogens with zero attached hydrogens (tertiary/aromatic N) is 2. The first-order valence-corrected chi connectivity index (χ1v) is 14.1. The van der Waals surface area contributed by atoms with Crippen LogP contribution < -0.4 is 14.4 Å². The van der Waals surface area contributed by atoms with E-state index in [-0.39, 0.29) is 17.3 Å². The van der Waals surface area contributed by atoms with Crippen LogP contribution in [0, 0.1) is 0 Å². The van der Waals surface area contributed by atoms with Gasteiger partial charge in [0.05, 0.1) is 17.2 Å². The predicted molar refractivity (Wildman–Crippen MR) is 149 cm³/mol. The highest BCUT2D eigenvalue weighted by molar-refractivity contribution is 7.92. The van der Waals surface area contributed by atoms with Gasteiger partial charge in [-0.1, -0.05) is 48.5 Å². The zero-order valence-corrected chi connectivity index (χ0v) is 22.9. The summed E-state index contributed by atoms with van der Waals surface area (Å²) in [4.78, 5) is 27.9. The van der Waals surface area contributed by atoms with E-state index in [1.165, 1.54) is 17.0 Å². The molecule has 0 saturated carbocycles. The highest BCUT2D eigenvalue weighted by Gasteiger charge is 2.32. The summed E-state index contributed by atoms with van der Waals surface area (Å²) in [5, 5.41) is 2.76. The van der Waals surface area contributed by atoms with Crippen molar-refractivity contribution in [2.24, 2.45) is 0 Å². The van der Waals surface area contributed by atoms with Crippen molar-refractivity contribution in [1.82, 2.24) is 10.2 Å². The van der Waals surface area contributed by atoms with E-state index >= 15 is 0 Å². The summed E-state index contributed by atoms with van der Waals surface area (Å²) in [5.74, 6) is -0.218. The number of para-hydroxylation sites is 1. The molecule has 0 saturated heterocycles. The number of carbonyl (C=O) groups excluding carboxylic acids is 2. The van der Waals surface area contributed by atoms with E-state index in [0.717, 1.165) is 9.87 Å². The maximum atomic E-state index is 13.8. The van der Waals surface area contributed by atoms with E-state index < -0.39 is 28.5 Å². The van der Waals surface area contributed by atoms with Gasteiger partial charge in [0, 0.05) is 13.1 Å². The molecule has 1 unspecified atom stereocenters. The summed E-state index contributed by atoms with van der Waals surface area (Å²) in [7, 11) is -4.11. The summed E-state index contributed by atoms with van der Waals surface area (Å²) in [5.41, 5.74) is 1.36. The quantitative estimate of drug-likeness (QED) is 0.357. The van der Waals surface area contributed by atoms with Crippen LogP contribution >= 0.6 is 0 Å². The summed E-state index contributed by atoms with van der Waals surface area (Å²) < 4.78 is 34.1. The highest BCUT2D eigenvalue weighted by Crippen LogP contribution is 2.25. The largest absolute Gasteiger partial charge is 0.494 e. The number of ether oxygens (including phenoxy) is 1. The van der Waals surface area contributed by atoms with Gasteiger partial charge in [-0.15, -0.1) is 0 Å². The van der Waals surface area contributed by atoms with Crippen molar-refractivity contribution in [2.45, 2.75) is 38.1 Å². The summed E-state index contributed by atoms with van der Waals surface area (Å²) in [6, 6.07) is 23.4. The van der Waals surface area contributed by atoms with Gasteiger partial charge in [-0.05, 0) is 69.2 Å². The molecule has 0 aliphatic rings. The molecule has 3 rings (SSSR count). The topological polar surface area (TPSA) is 96.0 Å². The van der Waals surface area contributed by atoms with Gasteiger partial charge in [-0.2, -0.15) is 0 Å². The van der Waals surface area contributed by atoms with E-state index in [1.54, 1.807) is 56.3 Å². The highest BCUT2D eigenvalue weighted by atomic mass is 32.2. The number of carbonyl (C=O) groups is 2. The maximum absolute atomic E-state index is 13.8. The normalized spacial score (nSPS) is 11.9. The van der Waals surface area contributed by atoms with Crippen LogP contribution in [-0.2, 0) is 26.0 Å². The van der Waals surface area contributed by atoms with Gasteiger partial charge in [0.15, 0.2) is 0 Å². The van der Waals surface area contributed by atoms with Gasteiger partial charge in [-0.25, -0.2) is 8.42 Å². The van der Waals surface area contributed by atoms with Crippen LogP contribution in [0.15, 0.2) is 89.8 Å². The number of sulfonamides is 1. The van der Waals surface area contributed by atoms with Crippen molar-refractivity contribution in [2.75, 3.05) is 30.5 Å². The van der Waals surface area contributed by atoms with Gasteiger partial charge < -0.3 is 15.0 Å². The van der Waals surface area contributed by atoms with Crippen molar-refractivity contribution < 1.29 is 22.7 Å². The fraction of sp³-hybridized carbons (Fsp3) is 0.310. The molecule has 0 heterocycles. The molecule has 0 aliphatic heterocycles. The van der Waals surface area contributed by atoms with E-state index in [1.807, 2.05) is 37.3 Å². The lowest BCUT2D eigenvalue weighted by molar-refractivity contribution is -0.138. The number of rotatable bonds is 13. The molecular formula is C29H35N3O5S. The minimum absolute atomic E-state index is 0.0326. The van der Waals surface area contributed by atoms with Crippen LogP contribution in [-0.4, -0.2) is 57.4 Å². The van der Waals surface area contributed by atoms with Crippen LogP contribution in [0.25, 0.3) is 0 Å². The Labute approximate surface area is 225 Å². The SMILES string of the molecule is CCNC(=O)C(C)N(CCc1ccccc1)C(=O)CN(c1ccccc1)S(=O)(=O)c1ccc(OCC)cc1. The molecule has 1 N–H and O–H groups in total. The number of amides is 2. The second kappa shape index (κ2) is 13.6. The third-order valence-electron chi connectivity index (χ3n) is 6.05. The van der Waals surface area contributed by atoms with E-state index in [0.29, 0.717) is 31.0 Å². The third kappa shape index (κ3) is 7.35. The smallest absolute Gasteiger partial charge is 0.264 e. The van der Waals surface area contributed by atoms with Gasteiger partial charge in [0.2, 0.25) is 11.8 Å². The third-order valence-corrected chi connectivity index (χ3v) is 7.84. The first-order chi connectivity index (χ1) is 18.3. The van der Waals surface area contributed by atoms with Crippen LogP contribution in [0.5, 0.6) is 5.75 Å². The average Bonchev–Trinajstić information content (AvgIpc) is 2.93. The molecule has 3 aromatic carbocycles. The average molecular weight is 538 g/mol. The molecule has 0 aliphatic carbocycles.